The Kier molecular flexibility index (Phi) is 8.45. The Balaban J connectivity index is 1.85. The Morgan fingerprint density at radius 3 is 2.27 bits per heavy atom. The van der Waals surface area contributed by atoms with Gasteiger partial charge in [0.2, 0.25) is 11.9 Å². The fourth-order valence-corrected chi connectivity index (χ4v) is 3.21. The van der Waals surface area contributed by atoms with Crippen molar-refractivity contribution in [2.45, 2.75) is 51.5 Å². The summed E-state index contributed by atoms with van der Waals surface area (Å²) in [7, 11) is 0. The average molecular weight is 510 g/mol. The molecule has 0 bridgehead atoms. The molecule has 0 saturated heterocycles. The Bertz CT molecular complexity index is 1270. The summed E-state index contributed by atoms with van der Waals surface area (Å²) in [6.45, 7) is 4.90. The van der Waals surface area contributed by atoms with Gasteiger partial charge in [0.25, 0.3) is 0 Å². The molecule has 12 heteroatoms. The van der Waals surface area contributed by atoms with Gasteiger partial charge >= 0.3 is 17.9 Å². The number of aromatic carboxylic acids is 1. The van der Waals surface area contributed by atoms with Crippen LogP contribution in [0.15, 0.2) is 54.6 Å². The van der Waals surface area contributed by atoms with Crippen LogP contribution in [0.4, 0.5) is 0 Å². The number of Topliss-reactive ketones (excluding diaryl/α,β-unsaturated/α-hetero) is 1. The number of carbonyl (C=O) groups is 4. The maximum absolute atomic E-state index is 13.2. The molecular formula is C25H27N5O7. The first-order valence-electron chi connectivity index (χ1n) is 11.3. The number of nitrogens with zero attached hydrogens (tertiary/aromatic N) is 4. The van der Waals surface area contributed by atoms with Gasteiger partial charge in [0.1, 0.15) is 12.2 Å². The van der Waals surface area contributed by atoms with E-state index in [9.17, 15) is 19.2 Å². The topological polar surface area (TPSA) is 177 Å². The van der Waals surface area contributed by atoms with Crippen LogP contribution >= 0.6 is 0 Å². The number of hydrogen-bond donors (Lipinski definition) is 2. The third-order valence-electron chi connectivity index (χ3n) is 4.94. The molecule has 0 fully saturated rings. The number of benzene rings is 2. The molecule has 37 heavy (non-hydrogen) atoms. The summed E-state index contributed by atoms with van der Waals surface area (Å²) in [4.78, 5) is 50.3. The second-order valence-corrected chi connectivity index (χ2v) is 9.11. The third-order valence-corrected chi connectivity index (χ3v) is 4.94. The molecule has 0 amide bonds. The van der Waals surface area contributed by atoms with Crippen LogP contribution in [-0.4, -0.2) is 60.6 Å². The van der Waals surface area contributed by atoms with E-state index in [2.05, 4.69) is 15.4 Å². The first-order valence-corrected chi connectivity index (χ1v) is 11.3. The molecule has 3 rings (SSSR count). The molecule has 3 aromatic rings. The summed E-state index contributed by atoms with van der Waals surface area (Å²) in [5, 5.41) is 20.9. The molecule has 2 unspecified atom stereocenters. The molecular weight excluding hydrogens is 482 g/mol. The lowest BCUT2D eigenvalue weighted by Gasteiger charge is -2.21. The van der Waals surface area contributed by atoms with E-state index in [0.717, 1.165) is 4.80 Å². The standard InChI is InChI=1S/C25H27N5O7/c1-25(2,3)37-19(31)13-18(26)21(32)20(24(35)36-14-15-7-5-4-6-8-15)30-28-22(27-29-30)16-9-11-17(12-10-16)23(33)34/h4-12,18,20H,13-14,26H2,1-3H3,(H,33,34). The molecule has 12 nitrogen and oxygen atoms in total. The van der Waals surface area contributed by atoms with E-state index in [1.807, 2.05) is 0 Å². The molecule has 1 aromatic heterocycles. The highest BCUT2D eigenvalue weighted by Gasteiger charge is 2.37. The molecule has 0 aliphatic carbocycles. The van der Waals surface area contributed by atoms with Gasteiger partial charge in [-0.1, -0.05) is 42.5 Å². The van der Waals surface area contributed by atoms with Crippen molar-refractivity contribution in [3.8, 4) is 11.4 Å². The Hall–Kier alpha value is -4.45. The summed E-state index contributed by atoms with van der Waals surface area (Å²) < 4.78 is 10.6. The molecule has 1 heterocycles. The van der Waals surface area contributed by atoms with Gasteiger partial charge in [0.15, 0.2) is 5.78 Å². The Morgan fingerprint density at radius 2 is 1.68 bits per heavy atom. The van der Waals surface area contributed by atoms with Gasteiger partial charge in [-0.05, 0) is 43.7 Å². The number of carboxylic acids is 1. The molecule has 0 spiro atoms. The molecule has 194 valence electrons. The molecule has 2 aromatic carbocycles. The van der Waals surface area contributed by atoms with Gasteiger partial charge in [-0.2, -0.15) is 0 Å². The quantitative estimate of drug-likeness (QED) is 0.301. The van der Waals surface area contributed by atoms with Gasteiger partial charge in [-0.15, -0.1) is 15.0 Å². The molecule has 2 atom stereocenters. The molecule has 3 N–H and O–H groups in total. The number of esters is 2. The SMILES string of the molecule is CC(C)(C)OC(=O)CC(N)C(=O)C(C(=O)OCc1ccccc1)n1nnc(-c2ccc(C(=O)O)cc2)n1. The van der Waals surface area contributed by atoms with E-state index >= 15 is 0 Å². The molecule has 0 saturated carbocycles. The summed E-state index contributed by atoms with van der Waals surface area (Å²) in [5.74, 6) is -3.64. The summed E-state index contributed by atoms with van der Waals surface area (Å²) in [5.41, 5.74) is 6.34. The zero-order valence-corrected chi connectivity index (χ0v) is 20.5. The Morgan fingerprint density at radius 1 is 1.03 bits per heavy atom. The fourth-order valence-electron chi connectivity index (χ4n) is 3.21. The van der Waals surface area contributed by atoms with Crippen LogP contribution in [0.5, 0.6) is 0 Å². The number of aromatic nitrogens is 4. The highest BCUT2D eigenvalue weighted by atomic mass is 16.6. The largest absolute Gasteiger partial charge is 0.478 e. The van der Waals surface area contributed by atoms with E-state index in [0.29, 0.717) is 11.1 Å². The maximum atomic E-state index is 13.2. The first-order chi connectivity index (χ1) is 17.4. The minimum atomic E-state index is -1.72. The Labute approximate surface area is 212 Å². The second kappa shape index (κ2) is 11.5. The number of carbonyl (C=O) groups excluding carboxylic acids is 3. The second-order valence-electron chi connectivity index (χ2n) is 9.11. The zero-order valence-electron chi connectivity index (χ0n) is 20.5. The first kappa shape index (κ1) is 27.1. The van der Waals surface area contributed by atoms with Gasteiger partial charge in [0, 0.05) is 5.56 Å². The highest BCUT2D eigenvalue weighted by molar-refractivity contribution is 6.04. The number of tetrazole rings is 1. The number of hydrogen-bond acceptors (Lipinski definition) is 10. The van der Waals surface area contributed by atoms with Crippen LogP contribution in [0, 0.1) is 0 Å². The highest BCUT2D eigenvalue weighted by Crippen LogP contribution is 2.19. The van der Waals surface area contributed by atoms with Crippen LogP contribution in [0.2, 0.25) is 0 Å². The minimum Gasteiger partial charge on any atom is -0.478 e. The number of carboxylic acid groups (broad SMARTS) is 1. The molecule has 0 aliphatic heterocycles. The van der Waals surface area contributed by atoms with Crippen molar-refractivity contribution in [3.63, 3.8) is 0 Å². The van der Waals surface area contributed by atoms with Crippen LogP contribution in [0.3, 0.4) is 0 Å². The zero-order chi connectivity index (χ0) is 27.2. The summed E-state index contributed by atoms with van der Waals surface area (Å²) in [6, 6.07) is 11.3. The van der Waals surface area contributed by atoms with Crippen LogP contribution in [-0.2, 0) is 30.5 Å². The lowest BCUT2D eigenvalue weighted by Crippen LogP contribution is -2.43. The number of rotatable bonds is 10. The van der Waals surface area contributed by atoms with E-state index in [-0.39, 0.29) is 18.0 Å². The summed E-state index contributed by atoms with van der Waals surface area (Å²) >= 11 is 0. The van der Waals surface area contributed by atoms with Crippen LogP contribution < -0.4 is 5.73 Å². The minimum absolute atomic E-state index is 0.0336. The van der Waals surface area contributed by atoms with Crippen molar-refractivity contribution in [3.05, 3.63) is 65.7 Å². The van der Waals surface area contributed by atoms with Gasteiger partial charge in [-0.25, -0.2) is 9.59 Å². The smallest absolute Gasteiger partial charge is 0.341 e. The van der Waals surface area contributed by atoms with Gasteiger partial charge in [-0.3, -0.25) is 9.59 Å². The lowest BCUT2D eigenvalue weighted by atomic mass is 10.0. The molecule has 0 radical (unpaired) electrons. The van der Waals surface area contributed by atoms with Gasteiger partial charge < -0.3 is 20.3 Å². The van der Waals surface area contributed by atoms with E-state index < -0.39 is 47.8 Å². The van der Waals surface area contributed by atoms with Crippen molar-refractivity contribution in [1.82, 2.24) is 20.2 Å². The van der Waals surface area contributed by atoms with Crippen molar-refractivity contribution >= 4 is 23.7 Å². The number of ketones is 1. The van der Waals surface area contributed by atoms with Crippen molar-refractivity contribution in [2.75, 3.05) is 0 Å². The van der Waals surface area contributed by atoms with Gasteiger partial charge in [0.05, 0.1) is 18.0 Å². The molecule has 0 aliphatic rings. The number of ether oxygens (including phenoxy) is 2. The lowest BCUT2D eigenvalue weighted by molar-refractivity contribution is -0.158. The third kappa shape index (κ3) is 7.51. The average Bonchev–Trinajstić information content (AvgIpc) is 3.32. The van der Waals surface area contributed by atoms with E-state index in [4.69, 9.17) is 20.3 Å². The van der Waals surface area contributed by atoms with Crippen molar-refractivity contribution < 1.29 is 33.8 Å². The monoisotopic (exact) mass is 509 g/mol. The predicted octanol–water partition coefficient (Wildman–Crippen LogP) is 1.95. The maximum Gasteiger partial charge on any atom is 0.341 e. The summed E-state index contributed by atoms with van der Waals surface area (Å²) in [6.07, 6.45) is -0.475. The van der Waals surface area contributed by atoms with Crippen LogP contribution in [0.25, 0.3) is 11.4 Å². The van der Waals surface area contributed by atoms with Crippen molar-refractivity contribution in [1.29, 1.82) is 0 Å². The number of nitrogens with two attached hydrogens (primary N) is 1. The predicted molar refractivity (Wildman–Crippen MR) is 129 cm³/mol. The van der Waals surface area contributed by atoms with Crippen LogP contribution in [0.1, 0.15) is 49.2 Å². The van der Waals surface area contributed by atoms with E-state index in [1.165, 1.54) is 24.3 Å². The fraction of sp³-hybridized carbons (Fsp3) is 0.320. The van der Waals surface area contributed by atoms with Crippen molar-refractivity contribution in [2.24, 2.45) is 5.73 Å². The normalized spacial score (nSPS) is 12.9. The van der Waals surface area contributed by atoms with E-state index in [1.54, 1.807) is 51.1 Å².